The summed E-state index contributed by atoms with van der Waals surface area (Å²) in [6.45, 7) is 2.32. The Morgan fingerprint density at radius 1 is 0.848 bits per heavy atom. The van der Waals surface area contributed by atoms with Gasteiger partial charge < -0.3 is 10.2 Å². The van der Waals surface area contributed by atoms with E-state index in [9.17, 15) is 0 Å². The van der Waals surface area contributed by atoms with Crippen molar-refractivity contribution in [3.05, 3.63) is 47.7 Å². The van der Waals surface area contributed by atoms with Crippen LogP contribution in [0.5, 0.6) is 0 Å². The monoisotopic (exact) mass is 442 g/mol. The van der Waals surface area contributed by atoms with E-state index in [4.69, 9.17) is 4.98 Å². The van der Waals surface area contributed by atoms with Gasteiger partial charge in [0.2, 0.25) is 0 Å². The van der Waals surface area contributed by atoms with Gasteiger partial charge >= 0.3 is 0 Å². The second-order valence-electron chi connectivity index (χ2n) is 10.1. The molecule has 6 nitrogen and oxygen atoms in total. The highest BCUT2D eigenvalue weighted by Gasteiger charge is 2.25. The molecule has 0 radical (unpaired) electrons. The molecular formula is C27H34N6. The fraction of sp³-hybridized carbons (Fsp3) is 0.556. The summed E-state index contributed by atoms with van der Waals surface area (Å²) in [5.41, 5.74) is 7.47. The molecule has 1 N–H and O–H groups in total. The Kier molecular flexibility index (Phi) is 5.83. The van der Waals surface area contributed by atoms with Crippen molar-refractivity contribution in [2.45, 2.75) is 76.7 Å². The van der Waals surface area contributed by atoms with Gasteiger partial charge in [0.15, 0.2) is 0 Å². The van der Waals surface area contributed by atoms with E-state index < -0.39 is 0 Å². The van der Waals surface area contributed by atoms with E-state index in [1.54, 1.807) is 6.33 Å². The highest BCUT2D eigenvalue weighted by atomic mass is 15.1. The first kappa shape index (κ1) is 20.8. The third-order valence-corrected chi connectivity index (χ3v) is 7.93. The molecule has 2 aliphatic carbocycles. The van der Waals surface area contributed by atoms with E-state index in [2.05, 4.69) is 37.3 Å². The topological polar surface area (TPSA) is 66.8 Å². The molecule has 1 aromatic carbocycles. The Bertz CT molecular complexity index is 1110. The number of hydrogen-bond acceptors (Lipinski definition) is 6. The molecular weight excluding hydrogens is 408 g/mol. The van der Waals surface area contributed by atoms with Gasteiger partial charge in [-0.05, 0) is 94.2 Å². The maximum absolute atomic E-state index is 4.73. The molecule has 3 aromatic rings. The zero-order chi connectivity index (χ0) is 22.0. The van der Waals surface area contributed by atoms with Gasteiger partial charge in [-0.1, -0.05) is 0 Å². The number of nitrogens with zero attached hydrogens (tertiary/aromatic N) is 5. The summed E-state index contributed by atoms with van der Waals surface area (Å²) >= 11 is 0. The van der Waals surface area contributed by atoms with Crippen LogP contribution in [-0.2, 0) is 19.3 Å². The van der Waals surface area contributed by atoms with Crippen molar-refractivity contribution in [2.75, 3.05) is 23.3 Å². The molecule has 0 atom stereocenters. The van der Waals surface area contributed by atoms with Crippen molar-refractivity contribution in [1.82, 2.24) is 19.9 Å². The number of nitrogens with one attached hydrogen (secondary N) is 1. The van der Waals surface area contributed by atoms with Crippen molar-refractivity contribution >= 4 is 22.5 Å². The van der Waals surface area contributed by atoms with Crippen molar-refractivity contribution in [3.63, 3.8) is 0 Å². The Morgan fingerprint density at radius 2 is 1.70 bits per heavy atom. The highest BCUT2D eigenvalue weighted by Crippen LogP contribution is 2.34. The van der Waals surface area contributed by atoms with Gasteiger partial charge in [-0.15, -0.1) is 0 Å². The molecule has 3 aliphatic rings. The lowest BCUT2D eigenvalue weighted by atomic mass is 9.82. The SMILES string of the molecule is c1nc2c(c(NC3CCC(Cc4cc(N5CCCCC5)cc5nccnc45)CC3)n1)CCC2. The molecule has 0 unspecified atom stereocenters. The molecule has 0 amide bonds. The van der Waals surface area contributed by atoms with Gasteiger partial charge in [-0.25, -0.2) is 9.97 Å². The highest BCUT2D eigenvalue weighted by molar-refractivity contribution is 5.82. The smallest absolute Gasteiger partial charge is 0.133 e. The quantitative estimate of drug-likeness (QED) is 0.592. The Balaban J connectivity index is 1.15. The minimum Gasteiger partial charge on any atom is -0.371 e. The van der Waals surface area contributed by atoms with Gasteiger partial charge in [0.05, 0.1) is 11.0 Å². The summed E-state index contributed by atoms with van der Waals surface area (Å²) in [6, 6.07) is 5.19. The first-order chi connectivity index (χ1) is 16.3. The third kappa shape index (κ3) is 4.40. The van der Waals surface area contributed by atoms with Crippen LogP contribution in [0.4, 0.5) is 11.5 Å². The summed E-state index contributed by atoms with van der Waals surface area (Å²) in [6.07, 6.45) is 18.8. The van der Waals surface area contributed by atoms with E-state index in [0.717, 1.165) is 49.2 Å². The molecule has 1 saturated heterocycles. The zero-order valence-electron chi connectivity index (χ0n) is 19.5. The molecule has 1 aliphatic heterocycles. The fourth-order valence-corrected chi connectivity index (χ4v) is 6.12. The number of anilines is 2. The van der Waals surface area contributed by atoms with Crippen LogP contribution in [0.25, 0.3) is 11.0 Å². The summed E-state index contributed by atoms with van der Waals surface area (Å²) in [4.78, 5) is 21.0. The van der Waals surface area contributed by atoms with Crippen molar-refractivity contribution < 1.29 is 0 Å². The van der Waals surface area contributed by atoms with Crippen LogP contribution in [0.3, 0.4) is 0 Å². The Hall–Kier alpha value is -2.76. The molecule has 0 bridgehead atoms. The van der Waals surface area contributed by atoms with E-state index in [-0.39, 0.29) is 0 Å². The normalized spacial score (nSPS) is 23.0. The first-order valence-corrected chi connectivity index (χ1v) is 12.9. The summed E-state index contributed by atoms with van der Waals surface area (Å²) in [5, 5.41) is 3.77. The molecule has 6 rings (SSSR count). The maximum Gasteiger partial charge on any atom is 0.133 e. The van der Waals surface area contributed by atoms with Crippen LogP contribution in [-0.4, -0.2) is 39.1 Å². The predicted octanol–water partition coefficient (Wildman–Crippen LogP) is 5.11. The largest absolute Gasteiger partial charge is 0.371 e. The number of aryl methyl sites for hydroxylation is 1. The van der Waals surface area contributed by atoms with E-state index >= 15 is 0 Å². The van der Waals surface area contributed by atoms with Crippen molar-refractivity contribution in [3.8, 4) is 0 Å². The van der Waals surface area contributed by atoms with Gasteiger partial charge in [0.1, 0.15) is 12.1 Å². The Morgan fingerprint density at radius 3 is 2.58 bits per heavy atom. The predicted molar refractivity (Wildman–Crippen MR) is 133 cm³/mol. The summed E-state index contributed by atoms with van der Waals surface area (Å²) in [5.74, 6) is 1.80. The molecule has 172 valence electrons. The number of piperidine rings is 1. The molecule has 2 fully saturated rings. The van der Waals surface area contributed by atoms with E-state index in [1.807, 2.05) is 12.4 Å². The van der Waals surface area contributed by atoms with Crippen molar-refractivity contribution in [2.24, 2.45) is 5.92 Å². The standard InChI is InChI=1S/C27H34N6/c1-2-13-33(14-3-1)22-16-20(26-25(17-22)28-11-12-29-26)15-19-7-9-21(10-8-19)32-27-23-5-4-6-24(23)30-18-31-27/h11-12,16-19,21H,1-10,13-15H2,(H,30,31,32). The Labute approximate surface area is 196 Å². The lowest BCUT2D eigenvalue weighted by Crippen LogP contribution is -2.29. The van der Waals surface area contributed by atoms with Crippen LogP contribution in [0.1, 0.15) is 68.2 Å². The molecule has 1 saturated carbocycles. The van der Waals surface area contributed by atoms with Crippen molar-refractivity contribution in [1.29, 1.82) is 0 Å². The maximum atomic E-state index is 4.73. The number of fused-ring (bicyclic) bond motifs is 2. The number of hydrogen-bond donors (Lipinski definition) is 1. The lowest BCUT2D eigenvalue weighted by molar-refractivity contribution is 0.336. The van der Waals surface area contributed by atoms with Crippen LogP contribution in [0.2, 0.25) is 0 Å². The second kappa shape index (κ2) is 9.24. The van der Waals surface area contributed by atoms with E-state index in [0.29, 0.717) is 12.0 Å². The number of benzene rings is 1. The summed E-state index contributed by atoms with van der Waals surface area (Å²) < 4.78 is 0. The number of aromatic nitrogens is 4. The minimum absolute atomic E-state index is 0.525. The molecule has 3 heterocycles. The van der Waals surface area contributed by atoms with Crippen LogP contribution < -0.4 is 10.2 Å². The average Bonchev–Trinajstić information content (AvgIpc) is 3.36. The fourth-order valence-electron chi connectivity index (χ4n) is 6.12. The van der Waals surface area contributed by atoms with Crippen LogP contribution >= 0.6 is 0 Å². The second-order valence-corrected chi connectivity index (χ2v) is 10.1. The van der Waals surface area contributed by atoms with E-state index in [1.165, 1.54) is 73.9 Å². The lowest BCUT2D eigenvalue weighted by Gasteiger charge is -2.31. The first-order valence-electron chi connectivity index (χ1n) is 12.9. The van der Waals surface area contributed by atoms with Gasteiger partial charge in [-0.3, -0.25) is 9.97 Å². The van der Waals surface area contributed by atoms with Gasteiger partial charge in [0.25, 0.3) is 0 Å². The van der Waals surface area contributed by atoms with Gasteiger partial charge in [-0.2, -0.15) is 0 Å². The molecule has 6 heteroatoms. The molecule has 0 spiro atoms. The summed E-state index contributed by atoms with van der Waals surface area (Å²) in [7, 11) is 0. The van der Waals surface area contributed by atoms with Crippen LogP contribution in [0.15, 0.2) is 30.9 Å². The average molecular weight is 443 g/mol. The third-order valence-electron chi connectivity index (χ3n) is 7.93. The zero-order valence-corrected chi connectivity index (χ0v) is 19.5. The number of rotatable bonds is 5. The minimum atomic E-state index is 0.525. The molecule has 33 heavy (non-hydrogen) atoms. The van der Waals surface area contributed by atoms with Gasteiger partial charge in [0, 0.05) is 48.5 Å². The molecule has 2 aromatic heterocycles. The van der Waals surface area contributed by atoms with Crippen LogP contribution in [0, 0.1) is 5.92 Å².